The molecule has 0 radical (unpaired) electrons. The number of hydrogen-bond donors (Lipinski definition) is 2. The number of nitrogen functional groups attached to an aromatic ring is 1. The number of fused-ring (bicyclic) bond motifs is 1. The van der Waals surface area contributed by atoms with Crippen LogP contribution in [0.15, 0.2) is 17.0 Å². The highest BCUT2D eigenvalue weighted by molar-refractivity contribution is 7.80. The van der Waals surface area contributed by atoms with Crippen LogP contribution in [0.25, 0.3) is 10.9 Å². The van der Waals surface area contributed by atoms with E-state index in [0.29, 0.717) is 5.00 Å². The van der Waals surface area contributed by atoms with Gasteiger partial charge < -0.3 is 10.5 Å². The van der Waals surface area contributed by atoms with Crippen molar-refractivity contribution in [1.82, 2.24) is 4.37 Å². The van der Waals surface area contributed by atoms with Gasteiger partial charge in [0.25, 0.3) is 0 Å². The molecule has 0 saturated heterocycles. The molecular weight excluding hydrogens is 204 g/mol. The molecule has 1 aromatic heterocycles. The average molecular weight is 212 g/mol. The van der Waals surface area contributed by atoms with Gasteiger partial charge in [0.1, 0.15) is 10.8 Å². The zero-order valence-corrected chi connectivity index (χ0v) is 8.65. The lowest BCUT2D eigenvalue weighted by molar-refractivity contribution is 0.406. The molecule has 2 rings (SSSR count). The van der Waals surface area contributed by atoms with Crippen molar-refractivity contribution in [2.24, 2.45) is 0 Å². The fourth-order valence-corrected chi connectivity index (χ4v) is 2.03. The first-order valence-corrected chi connectivity index (χ1v) is 4.86. The quantitative estimate of drug-likeness (QED) is 0.712. The fraction of sp³-hybridized carbons (Fsp3) is 0.125. The Morgan fingerprint density at radius 2 is 2.31 bits per heavy atom. The number of hydrogen-bond acceptors (Lipinski definition) is 5. The van der Waals surface area contributed by atoms with E-state index in [9.17, 15) is 0 Å². The van der Waals surface area contributed by atoms with E-state index in [0.717, 1.165) is 21.5 Å². The molecule has 0 atom stereocenters. The van der Waals surface area contributed by atoms with Gasteiger partial charge in [0, 0.05) is 10.3 Å². The fourth-order valence-electron chi connectivity index (χ4n) is 1.14. The molecule has 0 bridgehead atoms. The third kappa shape index (κ3) is 1.34. The average Bonchev–Trinajstić information content (AvgIpc) is 2.46. The van der Waals surface area contributed by atoms with Crippen LogP contribution in [0.5, 0.6) is 5.75 Å². The van der Waals surface area contributed by atoms with Gasteiger partial charge in [0.2, 0.25) is 0 Å². The first-order valence-electron chi connectivity index (χ1n) is 3.64. The lowest BCUT2D eigenvalue weighted by Crippen LogP contribution is -1.85. The number of benzene rings is 1. The maximum absolute atomic E-state index is 5.73. The summed E-state index contributed by atoms with van der Waals surface area (Å²) < 4.78 is 9.29. The number of anilines is 1. The summed E-state index contributed by atoms with van der Waals surface area (Å²) in [6.45, 7) is 0. The van der Waals surface area contributed by atoms with Gasteiger partial charge in [0.05, 0.1) is 12.6 Å². The molecule has 2 N–H and O–H groups in total. The molecular formula is C8H8N2OS2. The third-order valence-electron chi connectivity index (χ3n) is 1.80. The first-order chi connectivity index (χ1) is 6.22. The van der Waals surface area contributed by atoms with Gasteiger partial charge in [-0.05, 0) is 23.7 Å². The summed E-state index contributed by atoms with van der Waals surface area (Å²) >= 11 is 5.55. The first kappa shape index (κ1) is 8.65. The van der Waals surface area contributed by atoms with Gasteiger partial charge in [-0.2, -0.15) is 4.37 Å². The summed E-state index contributed by atoms with van der Waals surface area (Å²) in [5, 5.41) is 1.64. The highest BCUT2D eigenvalue weighted by atomic mass is 32.1. The lowest BCUT2D eigenvalue weighted by Gasteiger charge is -2.02. The maximum atomic E-state index is 5.73. The van der Waals surface area contributed by atoms with Gasteiger partial charge in [-0.3, -0.25) is 0 Å². The Kier molecular flexibility index (Phi) is 2.05. The second kappa shape index (κ2) is 3.08. The minimum Gasteiger partial charge on any atom is -0.496 e. The molecule has 1 heterocycles. The van der Waals surface area contributed by atoms with Crippen LogP contribution in [0, 0.1) is 0 Å². The number of nitrogens with zero attached hydrogens (tertiary/aromatic N) is 1. The van der Waals surface area contributed by atoms with E-state index < -0.39 is 0 Å². The van der Waals surface area contributed by atoms with Crippen LogP contribution in [0.4, 0.5) is 5.00 Å². The Balaban J connectivity index is 2.77. The molecule has 0 aliphatic rings. The van der Waals surface area contributed by atoms with Crippen LogP contribution in [0.2, 0.25) is 0 Å². The maximum Gasteiger partial charge on any atom is 0.133 e. The number of rotatable bonds is 1. The Morgan fingerprint density at radius 1 is 1.54 bits per heavy atom. The highest BCUT2D eigenvalue weighted by Gasteiger charge is 2.07. The highest BCUT2D eigenvalue weighted by Crippen LogP contribution is 2.32. The number of aromatic nitrogens is 1. The number of thiol groups is 1. The van der Waals surface area contributed by atoms with Crippen molar-refractivity contribution >= 4 is 40.1 Å². The SMILES string of the molecule is COc1cc2c(N)snc2cc1S. The zero-order chi connectivity index (χ0) is 9.42. The van der Waals surface area contributed by atoms with Gasteiger partial charge in [-0.25, -0.2) is 0 Å². The summed E-state index contributed by atoms with van der Waals surface area (Å²) in [6, 6.07) is 3.71. The molecule has 68 valence electrons. The molecule has 1 aromatic carbocycles. The predicted octanol–water partition coefficient (Wildman–Crippen LogP) is 2.18. The standard InChI is InChI=1S/C8H8N2OS2/c1-11-6-2-4-5(3-7(6)12)10-13-8(4)9/h2-3,12H,9H2,1H3. The van der Waals surface area contributed by atoms with E-state index in [-0.39, 0.29) is 0 Å². The molecule has 0 saturated carbocycles. The van der Waals surface area contributed by atoms with Gasteiger partial charge in [-0.15, -0.1) is 12.6 Å². The van der Waals surface area contributed by atoms with Crippen LogP contribution < -0.4 is 10.5 Å². The molecule has 3 nitrogen and oxygen atoms in total. The van der Waals surface area contributed by atoms with Gasteiger partial charge >= 0.3 is 0 Å². The van der Waals surface area contributed by atoms with Crippen molar-refractivity contribution < 1.29 is 4.74 Å². The monoisotopic (exact) mass is 212 g/mol. The van der Waals surface area contributed by atoms with E-state index in [4.69, 9.17) is 10.5 Å². The lowest BCUT2D eigenvalue weighted by atomic mass is 10.2. The van der Waals surface area contributed by atoms with Crippen molar-refractivity contribution in [3.05, 3.63) is 12.1 Å². The van der Waals surface area contributed by atoms with Crippen LogP contribution in [0.1, 0.15) is 0 Å². The third-order valence-corrected chi connectivity index (χ3v) is 2.86. The van der Waals surface area contributed by atoms with Crippen LogP contribution in [0.3, 0.4) is 0 Å². The van der Waals surface area contributed by atoms with Crippen LogP contribution in [-0.4, -0.2) is 11.5 Å². The topological polar surface area (TPSA) is 48.1 Å². The summed E-state index contributed by atoms with van der Waals surface area (Å²) in [6.07, 6.45) is 0. The van der Waals surface area contributed by atoms with Crippen molar-refractivity contribution in [2.75, 3.05) is 12.8 Å². The van der Waals surface area contributed by atoms with E-state index in [1.165, 1.54) is 11.5 Å². The summed E-state index contributed by atoms with van der Waals surface area (Å²) in [5.41, 5.74) is 6.59. The van der Waals surface area contributed by atoms with E-state index in [2.05, 4.69) is 17.0 Å². The molecule has 0 aliphatic carbocycles. The zero-order valence-electron chi connectivity index (χ0n) is 6.94. The Hall–Kier alpha value is -0.940. The van der Waals surface area contributed by atoms with Crippen molar-refractivity contribution in [3.8, 4) is 5.75 Å². The molecule has 5 heteroatoms. The van der Waals surface area contributed by atoms with Crippen molar-refractivity contribution in [1.29, 1.82) is 0 Å². The van der Waals surface area contributed by atoms with Crippen LogP contribution >= 0.6 is 24.2 Å². The smallest absolute Gasteiger partial charge is 0.133 e. The van der Waals surface area contributed by atoms with E-state index >= 15 is 0 Å². The largest absolute Gasteiger partial charge is 0.496 e. The van der Waals surface area contributed by atoms with E-state index in [1.807, 2.05) is 12.1 Å². The van der Waals surface area contributed by atoms with Gasteiger partial charge in [-0.1, -0.05) is 0 Å². The number of methoxy groups -OCH3 is 1. The van der Waals surface area contributed by atoms with Crippen LogP contribution in [-0.2, 0) is 0 Å². The number of ether oxygens (including phenoxy) is 1. The minimum absolute atomic E-state index is 0.710. The predicted molar refractivity (Wildman–Crippen MR) is 57.8 cm³/mol. The molecule has 0 unspecified atom stereocenters. The van der Waals surface area contributed by atoms with Crippen molar-refractivity contribution in [2.45, 2.75) is 4.90 Å². The second-order valence-corrected chi connectivity index (χ2v) is 3.87. The summed E-state index contributed by atoms with van der Waals surface area (Å²) in [4.78, 5) is 0.778. The Morgan fingerprint density at radius 3 is 3.00 bits per heavy atom. The minimum atomic E-state index is 0.710. The van der Waals surface area contributed by atoms with E-state index in [1.54, 1.807) is 7.11 Å². The molecule has 0 amide bonds. The summed E-state index contributed by atoms with van der Waals surface area (Å²) in [7, 11) is 1.61. The second-order valence-electron chi connectivity index (χ2n) is 2.59. The van der Waals surface area contributed by atoms with Crippen molar-refractivity contribution in [3.63, 3.8) is 0 Å². The number of nitrogens with two attached hydrogens (primary N) is 1. The molecule has 0 fully saturated rings. The molecule has 0 spiro atoms. The normalized spacial score (nSPS) is 10.6. The Bertz CT molecular complexity index is 453. The molecule has 13 heavy (non-hydrogen) atoms. The summed E-state index contributed by atoms with van der Waals surface area (Å²) in [5.74, 6) is 0.725. The molecule has 2 aromatic rings. The van der Waals surface area contributed by atoms with Gasteiger partial charge in [0.15, 0.2) is 0 Å². The Labute approximate surface area is 85.1 Å². The molecule has 0 aliphatic heterocycles.